The number of nitrogens with one attached hydrogen (secondary N) is 2. The minimum atomic E-state index is -1.29. The number of carbonyl (C=O) groups is 3. The molecule has 8 heteroatoms. The summed E-state index contributed by atoms with van der Waals surface area (Å²) in [5, 5.41) is 5.37. The van der Waals surface area contributed by atoms with Gasteiger partial charge in [0.25, 0.3) is 0 Å². The lowest BCUT2D eigenvalue weighted by Gasteiger charge is -2.16. The molecule has 0 bridgehead atoms. The molecular formula is C22H27N3O4S. The summed E-state index contributed by atoms with van der Waals surface area (Å²) in [5.74, 6) is -1.22. The van der Waals surface area contributed by atoms with Crippen molar-refractivity contribution in [2.75, 3.05) is 5.75 Å². The Hall–Kier alpha value is -3.00. The molecule has 0 radical (unpaired) electrons. The number of hydrogen-bond acceptors (Lipinski definition) is 4. The zero-order valence-corrected chi connectivity index (χ0v) is 17.7. The molecule has 160 valence electrons. The SMILES string of the molecule is C[C@@H](NC(=O)CCC(=O)N[C@@H](CC[S@@](=O)c1ccccc1)C(N)=O)c1ccccc1. The van der Waals surface area contributed by atoms with E-state index in [4.69, 9.17) is 5.73 Å². The summed E-state index contributed by atoms with van der Waals surface area (Å²) in [4.78, 5) is 36.6. The van der Waals surface area contributed by atoms with Crippen molar-refractivity contribution in [2.45, 2.75) is 43.2 Å². The zero-order valence-electron chi connectivity index (χ0n) is 16.9. The maximum absolute atomic E-state index is 12.3. The summed E-state index contributed by atoms with van der Waals surface area (Å²) < 4.78 is 12.3. The number of benzene rings is 2. The third-order valence-corrected chi connectivity index (χ3v) is 5.94. The summed E-state index contributed by atoms with van der Waals surface area (Å²) in [5.41, 5.74) is 6.33. The first-order valence-corrected chi connectivity index (χ1v) is 11.0. The molecule has 0 spiro atoms. The molecule has 0 aromatic heterocycles. The molecule has 0 fully saturated rings. The van der Waals surface area contributed by atoms with Crippen molar-refractivity contribution >= 4 is 28.5 Å². The lowest BCUT2D eigenvalue weighted by molar-refractivity contribution is -0.129. The topological polar surface area (TPSA) is 118 Å². The number of carbonyl (C=O) groups excluding carboxylic acids is 3. The monoisotopic (exact) mass is 429 g/mol. The summed E-state index contributed by atoms with van der Waals surface area (Å²) >= 11 is 0. The highest BCUT2D eigenvalue weighted by atomic mass is 32.2. The minimum Gasteiger partial charge on any atom is -0.368 e. The van der Waals surface area contributed by atoms with Crippen molar-refractivity contribution in [3.63, 3.8) is 0 Å². The predicted molar refractivity (Wildman–Crippen MR) is 116 cm³/mol. The van der Waals surface area contributed by atoms with Gasteiger partial charge in [0.1, 0.15) is 6.04 Å². The Morgan fingerprint density at radius 1 is 0.900 bits per heavy atom. The molecule has 7 nitrogen and oxygen atoms in total. The van der Waals surface area contributed by atoms with Gasteiger partial charge in [0.2, 0.25) is 17.7 Å². The van der Waals surface area contributed by atoms with Crippen LogP contribution >= 0.6 is 0 Å². The van der Waals surface area contributed by atoms with Crippen molar-refractivity contribution in [1.29, 1.82) is 0 Å². The van der Waals surface area contributed by atoms with E-state index in [-0.39, 0.29) is 37.0 Å². The van der Waals surface area contributed by atoms with E-state index in [9.17, 15) is 18.6 Å². The van der Waals surface area contributed by atoms with Crippen LogP contribution < -0.4 is 16.4 Å². The second kappa shape index (κ2) is 11.9. The fourth-order valence-electron chi connectivity index (χ4n) is 2.83. The first-order chi connectivity index (χ1) is 14.4. The second-order valence-corrected chi connectivity index (χ2v) is 8.44. The molecule has 3 atom stereocenters. The highest BCUT2D eigenvalue weighted by molar-refractivity contribution is 7.85. The van der Waals surface area contributed by atoms with Crippen LogP contribution in [0.3, 0.4) is 0 Å². The first kappa shape index (κ1) is 23.3. The number of amides is 3. The van der Waals surface area contributed by atoms with Gasteiger partial charge in [-0.05, 0) is 31.0 Å². The molecule has 0 aliphatic rings. The quantitative estimate of drug-likeness (QED) is 0.505. The summed E-state index contributed by atoms with van der Waals surface area (Å²) in [6.07, 6.45) is 0.0726. The van der Waals surface area contributed by atoms with Crippen molar-refractivity contribution in [3.05, 3.63) is 66.2 Å². The van der Waals surface area contributed by atoms with E-state index < -0.39 is 28.7 Å². The molecule has 3 amide bonds. The molecule has 0 unspecified atom stereocenters. The third kappa shape index (κ3) is 7.79. The van der Waals surface area contributed by atoms with E-state index in [0.29, 0.717) is 4.90 Å². The predicted octanol–water partition coefficient (Wildman–Crippen LogP) is 1.81. The van der Waals surface area contributed by atoms with Crippen molar-refractivity contribution in [2.24, 2.45) is 5.73 Å². The van der Waals surface area contributed by atoms with E-state index in [1.807, 2.05) is 43.3 Å². The van der Waals surface area contributed by atoms with Crippen LogP contribution in [0.4, 0.5) is 0 Å². The lowest BCUT2D eigenvalue weighted by Crippen LogP contribution is -2.45. The molecule has 30 heavy (non-hydrogen) atoms. The van der Waals surface area contributed by atoms with Crippen LogP contribution in [0.15, 0.2) is 65.6 Å². The van der Waals surface area contributed by atoms with Crippen LogP contribution in [-0.4, -0.2) is 33.7 Å². The molecule has 0 saturated heterocycles. The molecule has 0 aliphatic heterocycles. The van der Waals surface area contributed by atoms with Crippen LogP contribution in [0.5, 0.6) is 0 Å². The highest BCUT2D eigenvalue weighted by Gasteiger charge is 2.20. The summed E-state index contributed by atoms with van der Waals surface area (Å²) in [6.45, 7) is 1.86. The van der Waals surface area contributed by atoms with Gasteiger partial charge in [0.05, 0.1) is 16.8 Å². The summed E-state index contributed by atoms with van der Waals surface area (Å²) in [7, 11) is -1.29. The van der Waals surface area contributed by atoms with Crippen molar-refractivity contribution < 1.29 is 18.6 Å². The Morgan fingerprint density at radius 2 is 1.43 bits per heavy atom. The number of rotatable bonds is 11. The fraction of sp³-hybridized carbons (Fsp3) is 0.318. The second-order valence-electron chi connectivity index (χ2n) is 6.87. The number of primary amides is 1. The average molecular weight is 430 g/mol. The van der Waals surface area contributed by atoms with Gasteiger partial charge >= 0.3 is 0 Å². The average Bonchev–Trinajstić information content (AvgIpc) is 2.76. The fourth-order valence-corrected chi connectivity index (χ4v) is 3.98. The maximum Gasteiger partial charge on any atom is 0.240 e. The van der Waals surface area contributed by atoms with Crippen molar-refractivity contribution in [1.82, 2.24) is 10.6 Å². The molecule has 4 N–H and O–H groups in total. The molecule has 2 rings (SSSR count). The molecular weight excluding hydrogens is 402 g/mol. The molecule has 0 saturated carbocycles. The van der Waals surface area contributed by atoms with Crippen LogP contribution in [-0.2, 0) is 25.2 Å². The standard InChI is InChI=1S/C22H27N3O4S/c1-16(17-8-4-2-5-9-17)24-20(26)12-13-21(27)25-19(22(23)28)14-15-30(29)18-10-6-3-7-11-18/h2-11,16,19H,12-15H2,1H3,(H2,23,28)(H,24,26)(H,25,27)/t16-,19+,30-/m1/s1. The van der Waals surface area contributed by atoms with E-state index >= 15 is 0 Å². The van der Waals surface area contributed by atoms with E-state index in [2.05, 4.69) is 10.6 Å². The molecule has 2 aromatic rings. The maximum atomic E-state index is 12.3. The van der Waals surface area contributed by atoms with Crippen LogP contribution in [0.25, 0.3) is 0 Å². The molecule has 0 heterocycles. The Labute approximate surface area is 178 Å². The lowest BCUT2D eigenvalue weighted by atomic mass is 10.1. The number of hydrogen-bond donors (Lipinski definition) is 3. The Morgan fingerprint density at radius 3 is 2.00 bits per heavy atom. The first-order valence-electron chi connectivity index (χ1n) is 9.73. The Bertz CT molecular complexity index is 874. The normalized spacial score (nSPS) is 13.6. The molecule has 2 aromatic carbocycles. The van der Waals surface area contributed by atoms with E-state index in [0.717, 1.165) is 5.56 Å². The van der Waals surface area contributed by atoms with Gasteiger partial charge in [-0.1, -0.05) is 48.5 Å². The van der Waals surface area contributed by atoms with Crippen molar-refractivity contribution in [3.8, 4) is 0 Å². The Balaban J connectivity index is 1.77. The van der Waals surface area contributed by atoms with Crippen LogP contribution in [0, 0.1) is 0 Å². The van der Waals surface area contributed by atoms with Gasteiger partial charge in [0.15, 0.2) is 0 Å². The van der Waals surface area contributed by atoms with Gasteiger partial charge < -0.3 is 16.4 Å². The van der Waals surface area contributed by atoms with Gasteiger partial charge in [-0.15, -0.1) is 0 Å². The smallest absolute Gasteiger partial charge is 0.240 e. The van der Waals surface area contributed by atoms with Gasteiger partial charge in [-0.3, -0.25) is 18.6 Å². The van der Waals surface area contributed by atoms with Gasteiger partial charge in [-0.25, -0.2) is 0 Å². The van der Waals surface area contributed by atoms with Gasteiger partial charge in [0, 0.05) is 23.5 Å². The highest BCUT2D eigenvalue weighted by Crippen LogP contribution is 2.11. The largest absolute Gasteiger partial charge is 0.368 e. The molecule has 0 aliphatic carbocycles. The third-order valence-electron chi connectivity index (χ3n) is 4.53. The summed E-state index contributed by atoms with van der Waals surface area (Å²) in [6, 6.07) is 17.3. The zero-order chi connectivity index (χ0) is 21.9. The van der Waals surface area contributed by atoms with Crippen LogP contribution in [0.1, 0.15) is 37.8 Å². The van der Waals surface area contributed by atoms with E-state index in [1.54, 1.807) is 24.3 Å². The van der Waals surface area contributed by atoms with E-state index in [1.165, 1.54) is 0 Å². The minimum absolute atomic E-state index is 0.00949. The van der Waals surface area contributed by atoms with Gasteiger partial charge in [-0.2, -0.15) is 0 Å². The Kier molecular flexibility index (Phi) is 9.21. The van der Waals surface area contributed by atoms with Crippen LogP contribution in [0.2, 0.25) is 0 Å². The number of nitrogens with two attached hydrogens (primary N) is 1.